The second-order valence-corrected chi connectivity index (χ2v) is 11.2. The van der Waals surface area contributed by atoms with Gasteiger partial charge in [-0.1, -0.05) is 48.0 Å². The summed E-state index contributed by atoms with van der Waals surface area (Å²) in [5.74, 6) is -0.264. The van der Waals surface area contributed by atoms with Gasteiger partial charge in [-0.2, -0.15) is 0 Å². The smallest absolute Gasteiger partial charge is 0.151 e. The fourth-order valence-corrected chi connectivity index (χ4v) is 5.38. The predicted molar refractivity (Wildman–Crippen MR) is 139 cm³/mol. The number of fused-ring (bicyclic) bond motifs is 1. The molecule has 35 heavy (non-hydrogen) atoms. The van der Waals surface area contributed by atoms with Crippen LogP contribution in [0.5, 0.6) is 0 Å². The van der Waals surface area contributed by atoms with Gasteiger partial charge in [0.05, 0.1) is 28.1 Å². The highest BCUT2D eigenvalue weighted by molar-refractivity contribution is 7.89. The number of imidazole rings is 1. The van der Waals surface area contributed by atoms with Crippen LogP contribution in [0.15, 0.2) is 90.4 Å². The van der Waals surface area contributed by atoms with Crippen LogP contribution in [0.1, 0.15) is 16.7 Å². The number of hydrogen-bond donors (Lipinski definition) is 0. The van der Waals surface area contributed by atoms with Gasteiger partial charge in [0.25, 0.3) is 0 Å². The highest BCUT2D eigenvalue weighted by Gasteiger charge is 2.17. The quantitative estimate of drug-likeness (QED) is 0.333. The number of anilines is 1. The molecule has 2 heterocycles. The molecule has 0 fully saturated rings. The van der Waals surface area contributed by atoms with Gasteiger partial charge in [-0.25, -0.2) is 17.8 Å². The van der Waals surface area contributed by atoms with Crippen molar-refractivity contribution in [2.45, 2.75) is 12.3 Å². The highest BCUT2D eigenvalue weighted by atomic mass is 35.5. The molecular weight excluding hydrogens is 485 g/mol. The van der Waals surface area contributed by atoms with E-state index >= 15 is 0 Å². The summed E-state index contributed by atoms with van der Waals surface area (Å²) in [4.78, 5) is 6.47. The molecule has 0 unspecified atom stereocenters. The average Bonchev–Trinajstić information content (AvgIpc) is 3.20. The first-order chi connectivity index (χ1) is 16.7. The van der Waals surface area contributed by atoms with E-state index in [1.54, 1.807) is 12.4 Å². The molecule has 0 spiro atoms. The number of benzene rings is 3. The first kappa shape index (κ1) is 23.3. The molecule has 0 bridgehead atoms. The third-order valence-electron chi connectivity index (χ3n) is 5.86. The van der Waals surface area contributed by atoms with Gasteiger partial charge >= 0.3 is 0 Å². The number of allylic oxidation sites excluding steroid dienone is 2. The van der Waals surface area contributed by atoms with Crippen molar-refractivity contribution in [1.29, 1.82) is 0 Å². The second-order valence-electron chi connectivity index (χ2n) is 8.69. The number of nitrogens with zero attached hydrogens (tertiary/aromatic N) is 3. The van der Waals surface area contributed by atoms with E-state index in [0.29, 0.717) is 18.1 Å². The molecule has 4 aromatic rings. The molecule has 0 saturated carbocycles. The maximum atomic E-state index is 13.6. The minimum absolute atomic E-state index is 0.00344. The van der Waals surface area contributed by atoms with Crippen LogP contribution in [0.4, 0.5) is 10.1 Å². The lowest BCUT2D eigenvalue weighted by Crippen LogP contribution is -2.20. The van der Waals surface area contributed by atoms with Gasteiger partial charge in [-0.05, 0) is 58.7 Å². The van der Waals surface area contributed by atoms with E-state index in [2.05, 4.69) is 11.1 Å². The molecule has 0 atom stereocenters. The molecule has 5 nitrogen and oxygen atoms in total. The molecule has 0 N–H and O–H groups in total. The molecule has 1 aliphatic rings. The van der Waals surface area contributed by atoms with Crippen molar-refractivity contribution in [2.24, 2.45) is 0 Å². The van der Waals surface area contributed by atoms with Crippen LogP contribution in [0.2, 0.25) is 0 Å². The summed E-state index contributed by atoms with van der Waals surface area (Å²) >= 11 is 6.71. The van der Waals surface area contributed by atoms with Crippen molar-refractivity contribution in [3.8, 4) is 0 Å². The monoisotopic (exact) mass is 507 g/mol. The fraction of sp³-hybridized carbons (Fsp3) is 0.148. The Morgan fingerprint density at radius 2 is 1.83 bits per heavy atom. The molecule has 0 aliphatic carbocycles. The lowest BCUT2D eigenvalue weighted by Gasteiger charge is -2.25. The standard InChI is InChI=1S/C27H23ClFN3O2S/c1-35(33,34)17-20-5-3-7-23(13-20)31-11-10-24(25(28)16-31)21-8-9-26-27(14-21)32(18-30-26)15-19-4-2-6-22(29)12-19/h2-10,12-14,16,18H,11,15,17H2,1H3. The molecule has 0 amide bonds. The van der Waals surface area contributed by atoms with Gasteiger partial charge in [0.1, 0.15) is 5.82 Å². The summed E-state index contributed by atoms with van der Waals surface area (Å²) in [6.07, 6.45) is 6.91. The summed E-state index contributed by atoms with van der Waals surface area (Å²) in [6.45, 7) is 1.10. The lowest BCUT2D eigenvalue weighted by molar-refractivity contribution is 0.601. The third kappa shape index (κ3) is 5.31. The number of halogens is 2. The lowest BCUT2D eigenvalue weighted by atomic mass is 10.0. The van der Waals surface area contributed by atoms with Crippen molar-refractivity contribution in [3.05, 3.63) is 113 Å². The van der Waals surface area contributed by atoms with Crippen LogP contribution >= 0.6 is 11.6 Å². The van der Waals surface area contributed by atoms with Crippen molar-refractivity contribution >= 4 is 43.7 Å². The molecule has 0 saturated heterocycles. The third-order valence-corrected chi connectivity index (χ3v) is 7.02. The van der Waals surface area contributed by atoms with Gasteiger partial charge in [-0.3, -0.25) is 0 Å². The minimum Gasteiger partial charge on any atom is -0.343 e. The van der Waals surface area contributed by atoms with Gasteiger partial charge < -0.3 is 9.47 Å². The largest absolute Gasteiger partial charge is 0.343 e. The average molecular weight is 508 g/mol. The zero-order valence-corrected chi connectivity index (χ0v) is 20.6. The zero-order chi connectivity index (χ0) is 24.6. The number of aromatic nitrogens is 2. The molecule has 178 valence electrons. The van der Waals surface area contributed by atoms with E-state index in [-0.39, 0.29) is 11.6 Å². The van der Waals surface area contributed by atoms with Gasteiger partial charge in [-0.15, -0.1) is 0 Å². The molecule has 0 radical (unpaired) electrons. The summed E-state index contributed by atoms with van der Waals surface area (Å²) in [5.41, 5.74) is 6.14. The summed E-state index contributed by atoms with van der Waals surface area (Å²) in [7, 11) is -3.12. The Kier molecular flexibility index (Phi) is 6.21. The van der Waals surface area contributed by atoms with Gasteiger partial charge in [0, 0.05) is 31.2 Å². The van der Waals surface area contributed by atoms with Crippen LogP contribution in [-0.4, -0.2) is 30.8 Å². The van der Waals surface area contributed by atoms with E-state index in [1.807, 2.05) is 64.2 Å². The van der Waals surface area contributed by atoms with Crippen LogP contribution in [0.25, 0.3) is 16.6 Å². The molecule has 5 rings (SSSR count). The minimum atomic E-state index is -3.12. The van der Waals surface area contributed by atoms with E-state index in [4.69, 9.17) is 11.6 Å². The number of hydrogen-bond acceptors (Lipinski definition) is 4. The Bertz CT molecular complexity index is 1590. The Morgan fingerprint density at radius 1 is 1.03 bits per heavy atom. The Labute approximate surface area is 208 Å². The summed E-state index contributed by atoms with van der Waals surface area (Å²) in [5, 5.41) is 0.584. The maximum Gasteiger partial charge on any atom is 0.151 e. The molecule has 1 aliphatic heterocycles. The molecule has 8 heteroatoms. The first-order valence-electron chi connectivity index (χ1n) is 11.1. The van der Waals surface area contributed by atoms with E-state index in [1.165, 1.54) is 18.4 Å². The highest BCUT2D eigenvalue weighted by Crippen LogP contribution is 2.33. The second kappa shape index (κ2) is 9.32. The van der Waals surface area contributed by atoms with Crippen molar-refractivity contribution in [2.75, 3.05) is 17.7 Å². The topological polar surface area (TPSA) is 55.2 Å². The molecular formula is C27H23ClFN3O2S. The first-order valence-corrected chi connectivity index (χ1v) is 13.5. The van der Waals surface area contributed by atoms with Crippen molar-refractivity contribution < 1.29 is 12.8 Å². The number of sulfone groups is 1. The summed E-state index contributed by atoms with van der Waals surface area (Å²) in [6, 6.07) is 20.0. The van der Waals surface area contributed by atoms with Crippen molar-refractivity contribution in [3.63, 3.8) is 0 Å². The molecule has 1 aromatic heterocycles. The van der Waals surface area contributed by atoms with Gasteiger partial charge in [0.15, 0.2) is 9.84 Å². The van der Waals surface area contributed by atoms with Crippen LogP contribution < -0.4 is 4.90 Å². The van der Waals surface area contributed by atoms with Crippen LogP contribution in [0, 0.1) is 5.82 Å². The Morgan fingerprint density at radius 3 is 2.60 bits per heavy atom. The van der Waals surface area contributed by atoms with Crippen LogP contribution in [-0.2, 0) is 22.1 Å². The van der Waals surface area contributed by atoms with E-state index in [0.717, 1.165) is 39.0 Å². The van der Waals surface area contributed by atoms with Crippen molar-refractivity contribution in [1.82, 2.24) is 9.55 Å². The SMILES string of the molecule is CS(=O)(=O)Cc1cccc(N2C=C(Cl)C(c3ccc4ncn(Cc5cccc(F)c5)c4c3)=CC2)c1. The van der Waals surface area contributed by atoms with E-state index in [9.17, 15) is 12.8 Å². The maximum absolute atomic E-state index is 13.6. The van der Waals surface area contributed by atoms with Crippen LogP contribution in [0.3, 0.4) is 0 Å². The predicted octanol–water partition coefficient (Wildman–Crippen LogP) is 5.75. The Balaban J connectivity index is 1.40. The van der Waals surface area contributed by atoms with E-state index < -0.39 is 9.84 Å². The normalized spacial score (nSPS) is 14.2. The summed E-state index contributed by atoms with van der Waals surface area (Å²) < 4.78 is 39.0. The van der Waals surface area contributed by atoms with Gasteiger partial charge in [0.2, 0.25) is 0 Å². The zero-order valence-electron chi connectivity index (χ0n) is 19.0. The Hall–Kier alpha value is -3.42. The molecule has 3 aromatic carbocycles. The number of rotatable bonds is 6. The fourth-order valence-electron chi connectivity index (χ4n) is 4.29.